The molecule has 0 bridgehead atoms. The summed E-state index contributed by atoms with van der Waals surface area (Å²) in [5, 5.41) is 23.2. The van der Waals surface area contributed by atoms with Crippen LogP contribution in [-0.4, -0.2) is 26.9 Å². The Morgan fingerprint density at radius 3 is 1.35 bits per heavy atom. The van der Waals surface area contributed by atoms with Crippen LogP contribution >= 0.6 is 0 Å². The highest BCUT2D eigenvalue weighted by Crippen LogP contribution is 2.41. The Labute approximate surface area is 177 Å². The van der Waals surface area contributed by atoms with Crippen molar-refractivity contribution in [3.05, 3.63) is 120 Å². The maximum atomic E-state index is 13.7. The van der Waals surface area contributed by atoms with E-state index in [2.05, 4.69) is 5.10 Å². The summed E-state index contributed by atoms with van der Waals surface area (Å²) in [6.45, 7) is 0. The maximum Gasteiger partial charge on any atom is 0.492 e. The molecular formula is C23H18BF3N2O2. The van der Waals surface area contributed by atoms with Crippen molar-refractivity contribution in [2.75, 3.05) is 0 Å². The summed E-state index contributed by atoms with van der Waals surface area (Å²) < 4.78 is 42.3. The predicted octanol–water partition coefficient (Wildman–Crippen LogP) is 3.42. The number of rotatable bonds is 5. The number of nitrogens with zero attached hydrogens (tertiary/aromatic N) is 2. The largest absolute Gasteiger partial charge is 0.492 e. The van der Waals surface area contributed by atoms with Crippen LogP contribution < -0.4 is 5.46 Å². The average molecular weight is 422 g/mol. The first-order valence-electron chi connectivity index (χ1n) is 9.55. The van der Waals surface area contributed by atoms with E-state index in [4.69, 9.17) is 0 Å². The van der Waals surface area contributed by atoms with Crippen LogP contribution in [0.2, 0.25) is 0 Å². The smallest absolute Gasteiger partial charge is 0.423 e. The summed E-state index contributed by atoms with van der Waals surface area (Å²) in [6.07, 6.45) is -3.80. The molecule has 0 saturated carbocycles. The van der Waals surface area contributed by atoms with Crippen molar-refractivity contribution in [3.8, 4) is 0 Å². The fourth-order valence-corrected chi connectivity index (χ4v) is 3.90. The van der Waals surface area contributed by atoms with E-state index in [0.29, 0.717) is 16.7 Å². The van der Waals surface area contributed by atoms with E-state index in [-0.39, 0.29) is 0 Å². The van der Waals surface area contributed by atoms with Gasteiger partial charge in [0.1, 0.15) is 5.54 Å². The quantitative estimate of drug-likeness (QED) is 0.383. The standard InChI is InChI=1S/C23H18BF3N2O2/c25-23(26,27)21-20(24(30)31)16-29(28-21)22(17-10-4-1-5-11-17,18-12-6-2-7-13-18)19-14-8-3-9-15-19/h1-16,30-31H. The lowest BCUT2D eigenvalue weighted by Gasteiger charge is -2.36. The zero-order valence-electron chi connectivity index (χ0n) is 16.2. The monoisotopic (exact) mass is 422 g/mol. The molecule has 1 heterocycles. The van der Waals surface area contributed by atoms with Gasteiger partial charge in [0.15, 0.2) is 5.69 Å². The van der Waals surface area contributed by atoms with Gasteiger partial charge in [0.05, 0.1) is 0 Å². The van der Waals surface area contributed by atoms with Crippen LogP contribution in [0.3, 0.4) is 0 Å². The van der Waals surface area contributed by atoms with Gasteiger partial charge in [-0.05, 0) is 16.7 Å². The van der Waals surface area contributed by atoms with Crippen LogP contribution in [0.1, 0.15) is 22.4 Å². The normalized spacial score (nSPS) is 12.0. The lowest BCUT2D eigenvalue weighted by molar-refractivity contribution is -0.140. The highest BCUT2D eigenvalue weighted by Gasteiger charge is 2.45. The Balaban J connectivity index is 2.14. The van der Waals surface area contributed by atoms with E-state index in [9.17, 15) is 23.2 Å². The second kappa shape index (κ2) is 8.05. The fraction of sp³-hybridized carbons (Fsp3) is 0.0870. The summed E-state index contributed by atoms with van der Waals surface area (Å²) in [6, 6.07) is 27.1. The number of benzene rings is 3. The minimum atomic E-state index is -4.86. The van der Waals surface area contributed by atoms with Crippen LogP contribution in [0.5, 0.6) is 0 Å². The molecule has 31 heavy (non-hydrogen) atoms. The van der Waals surface area contributed by atoms with Crippen LogP contribution in [0.15, 0.2) is 97.2 Å². The molecule has 0 spiro atoms. The van der Waals surface area contributed by atoms with Crippen molar-refractivity contribution in [2.45, 2.75) is 11.7 Å². The topological polar surface area (TPSA) is 58.3 Å². The fourth-order valence-electron chi connectivity index (χ4n) is 3.90. The Morgan fingerprint density at radius 2 is 1.06 bits per heavy atom. The molecule has 0 atom stereocenters. The highest BCUT2D eigenvalue weighted by atomic mass is 19.4. The lowest BCUT2D eigenvalue weighted by atomic mass is 9.76. The summed E-state index contributed by atoms with van der Waals surface area (Å²) >= 11 is 0. The first-order chi connectivity index (χ1) is 14.8. The number of aromatic nitrogens is 2. The van der Waals surface area contributed by atoms with E-state index >= 15 is 0 Å². The van der Waals surface area contributed by atoms with Crippen LogP contribution in [0, 0.1) is 0 Å². The van der Waals surface area contributed by atoms with Gasteiger partial charge in [-0.2, -0.15) is 18.3 Å². The number of hydrogen-bond donors (Lipinski definition) is 2. The zero-order valence-corrected chi connectivity index (χ0v) is 16.2. The Kier molecular flexibility index (Phi) is 5.43. The molecule has 0 amide bonds. The van der Waals surface area contributed by atoms with Crippen LogP contribution in [0.25, 0.3) is 0 Å². The van der Waals surface area contributed by atoms with E-state index in [1.807, 2.05) is 54.6 Å². The lowest BCUT2D eigenvalue weighted by Crippen LogP contribution is -2.39. The molecule has 0 aliphatic carbocycles. The van der Waals surface area contributed by atoms with Gasteiger partial charge in [0.2, 0.25) is 0 Å². The van der Waals surface area contributed by atoms with Crippen molar-refractivity contribution in [3.63, 3.8) is 0 Å². The molecule has 2 N–H and O–H groups in total. The van der Waals surface area contributed by atoms with E-state index in [1.165, 1.54) is 4.68 Å². The van der Waals surface area contributed by atoms with Crippen molar-refractivity contribution >= 4 is 12.6 Å². The van der Waals surface area contributed by atoms with E-state index in [1.54, 1.807) is 36.4 Å². The Bertz CT molecular complexity index is 1050. The second-order valence-electron chi connectivity index (χ2n) is 7.06. The maximum absolute atomic E-state index is 13.7. The van der Waals surface area contributed by atoms with Crippen LogP contribution in [-0.2, 0) is 11.7 Å². The molecule has 0 fully saturated rings. The summed E-state index contributed by atoms with van der Waals surface area (Å²) in [7, 11) is -2.33. The summed E-state index contributed by atoms with van der Waals surface area (Å²) in [4.78, 5) is 0. The van der Waals surface area contributed by atoms with Crippen molar-refractivity contribution in [2.24, 2.45) is 0 Å². The van der Waals surface area contributed by atoms with Gasteiger partial charge < -0.3 is 10.0 Å². The molecule has 0 saturated heterocycles. The van der Waals surface area contributed by atoms with Gasteiger partial charge in [-0.3, -0.25) is 4.68 Å². The van der Waals surface area contributed by atoms with Gasteiger partial charge >= 0.3 is 13.3 Å². The van der Waals surface area contributed by atoms with Gasteiger partial charge in [-0.1, -0.05) is 91.0 Å². The third kappa shape index (κ3) is 3.64. The highest BCUT2D eigenvalue weighted by molar-refractivity contribution is 6.59. The minimum Gasteiger partial charge on any atom is -0.423 e. The molecule has 4 rings (SSSR count). The zero-order chi connectivity index (χ0) is 22.1. The number of hydrogen-bond acceptors (Lipinski definition) is 3. The molecule has 4 nitrogen and oxygen atoms in total. The first kappa shape index (κ1) is 20.9. The first-order valence-corrected chi connectivity index (χ1v) is 9.55. The van der Waals surface area contributed by atoms with Gasteiger partial charge in [0, 0.05) is 11.7 Å². The Morgan fingerprint density at radius 1 is 0.677 bits per heavy atom. The second-order valence-corrected chi connectivity index (χ2v) is 7.06. The molecule has 1 aromatic heterocycles. The molecule has 0 aliphatic rings. The van der Waals surface area contributed by atoms with Crippen molar-refractivity contribution < 1.29 is 23.2 Å². The predicted molar refractivity (Wildman–Crippen MR) is 112 cm³/mol. The molecule has 4 aromatic rings. The average Bonchev–Trinajstić information content (AvgIpc) is 3.23. The van der Waals surface area contributed by atoms with E-state index in [0.717, 1.165) is 6.20 Å². The van der Waals surface area contributed by atoms with Gasteiger partial charge in [0.25, 0.3) is 0 Å². The number of alkyl halides is 3. The molecule has 0 aliphatic heterocycles. The van der Waals surface area contributed by atoms with E-state index < -0.39 is 30.0 Å². The molecule has 156 valence electrons. The molecule has 8 heteroatoms. The summed E-state index contributed by atoms with van der Waals surface area (Å²) in [5.41, 5.74) is -1.32. The minimum absolute atomic E-state index is 0.669. The van der Waals surface area contributed by atoms with Crippen LogP contribution in [0.4, 0.5) is 13.2 Å². The molecule has 3 aromatic carbocycles. The summed E-state index contributed by atoms with van der Waals surface area (Å²) in [5.74, 6) is 0. The third-order valence-electron chi connectivity index (χ3n) is 5.21. The number of halogens is 3. The SMILES string of the molecule is OB(O)c1cn(C(c2ccccc2)(c2ccccc2)c2ccccc2)nc1C(F)(F)F. The third-order valence-corrected chi connectivity index (χ3v) is 5.21. The van der Waals surface area contributed by atoms with Crippen molar-refractivity contribution in [1.82, 2.24) is 9.78 Å². The molecule has 0 radical (unpaired) electrons. The molecule has 0 unspecified atom stereocenters. The molecular weight excluding hydrogens is 404 g/mol. The Hall–Kier alpha value is -3.36. The van der Waals surface area contributed by atoms with Gasteiger partial charge in [-0.25, -0.2) is 0 Å². The van der Waals surface area contributed by atoms with Gasteiger partial charge in [-0.15, -0.1) is 0 Å². The van der Waals surface area contributed by atoms with Crippen molar-refractivity contribution in [1.29, 1.82) is 0 Å².